The molecule has 19 heavy (non-hydrogen) atoms. The zero-order chi connectivity index (χ0) is 13.4. The van der Waals surface area contributed by atoms with Crippen molar-refractivity contribution in [2.75, 3.05) is 6.54 Å². The van der Waals surface area contributed by atoms with Crippen molar-refractivity contribution in [1.82, 2.24) is 10.0 Å². The molecule has 1 aromatic carbocycles. The van der Waals surface area contributed by atoms with Crippen molar-refractivity contribution in [2.24, 2.45) is 0 Å². The molecule has 2 fully saturated rings. The highest BCUT2D eigenvalue weighted by molar-refractivity contribution is 5.85. The van der Waals surface area contributed by atoms with E-state index in [1.165, 1.54) is 12.1 Å². The van der Waals surface area contributed by atoms with E-state index in [0.717, 1.165) is 24.9 Å². The van der Waals surface area contributed by atoms with Gasteiger partial charge in [-0.05, 0) is 30.5 Å². The Balaban J connectivity index is 1.80. The highest BCUT2D eigenvalue weighted by atomic mass is 19.1. The molecule has 2 saturated heterocycles. The zero-order valence-corrected chi connectivity index (χ0v) is 10.6. The molecule has 4 nitrogen and oxygen atoms in total. The number of benzene rings is 1. The van der Waals surface area contributed by atoms with Gasteiger partial charge in [-0.3, -0.25) is 4.79 Å². The molecule has 2 unspecified atom stereocenters. The highest BCUT2D eigenvalue weighted by Crippen LogP contribution is 2.29. The Kier molecular flexibility index (Phi) is 3.35. The van der Waals surface area contributed by atoms with Gasteiger partial charge in [-0.2, -0.15) is 0 Å². The molecule has 0 aliphatic carbocycles. The Labute approximate surface area is 111 Å². The maximum Gasteiger partial charge on any atom is 0.155 e. The van der Waals surface area contributed by atoms with Gasteiger partial charge in [-0.25, -0.2) is 14.4 Å². The summed E-state index contributed by atoms with van der Waals surface area (Å²) in [6.45, 7) is 1.21. The van der Waals surface area contributed by atoms with Gasteiger partial charge in [-0.1, -0.05) is 12.1 Å². The average molecular weight is 264 g/mol. The number of rotatable bonds is 2. The molecule has 0 bridgehead atoms. The minimum Gasteiger partial charge on any atom is -0.377 e. The highest BCUT2D eigenvalue weighted by Gasteiger charge is 2.42. The SMILES string of the molecule is O=C1CC(O)N(Cc2cccc(F)c2)N2CCCC12. The Morgan fingerprint density at radius 1 is 1.42 bits per heavy atom. The average Bonchev–Trinajstić information content (AvgIpc) is 2.84. The lowest BCUT2D eigenvalue weighted by molar-refractivity contribution is -0.188. The second-order valence-corrected chi connectivity index (χ2v) is 5.20. The Morgan fingerprint density at radius 2 is 2.26 bits per heavy atom. The van der Waals surface area contributed by atoms with Crippen molar-refractivity contribution in [3.05, 3.63) is 35.6 Å². The van der Waals surface area contributed by atoms with E-state index in [1.807, 2.05) is 11.1 Å². The van der Waals surface area contributed by atoms with Crippen LogP contribution in [0, 0.1) is 5.82 Å². The van der Waals surface area contributed by atoms with Crippen LogP contribution in [0.25, 0.3) is 0 Å². The van der Waals surface area contributed by atoms with Gasteiger partial charge in [0.1, 0.15) is 12.0 Å². The second kappa shape index (κ2) is 5.00. The van der Waals surface area contributed by atoms with Crippen molar-refractivity contribution in [3.63, 3.8) is 0 Å². The number of aliphatic hydroxyl groups excluding tert-OH is 1. The maximum absolute atomic E-state index is 13.2. The fourth-order valence-corrected chi connectivity index (χ4v) is 3.00. The fourth-order valence-electron chi connectivity index (χ4n) is 3.00. The molecule has 5 heteroatoms. The molecule has 0 aromatic heterocycles. The van der Waals surface area contributed by atoms with Gasteiger partial charge in [0.2, 0.25) is 0 Å². The zero-order valence-electron chi connectivity index (χ0n) is 10.6. The van der Waals surface area contributed by atoms with Crippen LogP contribution in [-0.4, -0.2) is 39.7 Å². The molecular weight excluding hydrogens is 247 g/mol. The van der Waals surface area contributed by atoms with E-state index in [-0.39, 0.29) is 24.1 Å². The quantitative estimate of drug-likeness (QED) is 0.874. The molecule has 2 aliphatic heterocycles. The van der Waals surface area contributed by atoms with Crippen LogP contribution in [0.15, 0.2) is 24.3 Å². The number of aliphatic hydroxyl groups is 1. The Bertz CT molecular complexity index is 494. The molecule has 0 saturated carbocycles. The molecule has 0 radical (unpaired) electrons. The lowest BCUT2D eigenvalue weighted by Crippen LogP contribution is -2.58. The summed E-state index contributed by atoms with van der Waals surface area (Å²) >= 11 is 0. The number of halogens is 1. The molecule has 2 atom stereocenters. The van der Waals surface area contributed by atoms with E-state index >= 15 is 0 Å². The summed E-state index contributed by atoms with van der Waals surface area (Å²) < 4.78 is 13.2. The number of Topliss-reactive ketones (excluding diaryl/α,β-unsaturated/α-hetero) is 1. The van der Waals surface area contributed by atoms with E-state index < -0.39 is 6.23 Å². The number of carbonyl (C=O) groups is 1. The molecule has 3 rings (SSSR count). The third-order valence-electron chi connectivity index (χ3n) is 3.89. The van der Waals surface area contributed by atoms with Gasteiger partial charge in [-0.15, -0.1) is 0 Å². The van der Waals surface area contributed by atoms with Gasteiger partial charge < -0.3 is 5.11 Å². The van der Waals surface area contributed by atoms with Crippen molar-refractivity contribution in [3.8, 4) is 0 Å². The van der Waals surface area contributed by atoms with Gasteiger partial charge in [0, 0.05) is 19.5 Å². The third kappa shape index (κ3) is 2.41. The minimum absolute atomic E-state index is 0.100. The standard InChI is InChI=1S/C14H17FN2O2/c15-11-4-1-3-10(7-11)9-17-14(19)8-13(18)12-5-2-6-16(12)17/h1,3-4,7,12,14,19H,2,5-6,8-9H2. The summed E-state index contributed by atoms with van der Waals surface area (Å²) in [5.41, 5.74) is 0.805. The van der Waals surface area contributed by atoms with Crippen molar-refractivity contribution < 1.29 is 14.3 Å². The maximum atomic E-state index is 13.2. The first-order chi connectivity index (χ1) is 9.15. The number of carbonyl (C=O) groups excluding carboxylic acids is 1. The molecular formula is C14H17FN2O2. The molecule has 1 N–H and O–H groups in total. The first-order valence-corrected chi connectivity index (χ1v) is 6.63. The number of fused-ring (bicyclic) bond motifs is 1. The van der Waals surface area contributed by atoms with Crippen LogP contribution in [0.1, 0.15) is 24.8 Å². The molecule has 102 valence electrons. The van der Waals surface area contributed by atoms with Gasteiger partial charge in [0.15, 0.2) is 5.78 Å². The fraction of sp³-hybridized carbons (Fsp3) is 0.500. The third-order valence-corrected chi connectivity index (χ3v) is 3.89. The van der Waals surface area contributed by atoms with E-state index in [9.17, 15) is 14.3 Å². The van der Waals surface area contributed by atoms with Gasteiger partial charge >= 0.3 is 0 Å². The Hall–Kier alpha value is -1.30. The van der Waals surface area contributed by atoms with Crippen LogP contribution in [0.4, 0.5) is 4.39 Å². The minimum atomic E-state index is -0.801. The molecule has 1 aromatic rings. The summed E-state index contributed by atoms with van der Waals surface area (Å²) in [6.07, 6.45) is 1.18. The number of ketones is 1. The monoisotopic (exact) mass is 264 g/mol. The molecule has 0 amide bonds. The van der Waals surface area contributed by atoms with Crippen molar-refractivity contribution in [1.29, 1.82) is 0 Å². The van der Waals surface area contributed by atoms with Gasteiger partial charge in [0.05, 0.1) is 6.04 Å². The summed E-state index contributed by atoms with van der Waals surface area (Å²) in [6, 6.07) is 6.26. The molecule has 2 aliphatic rings. The lowest BCUT2D eigenvalue weighted by Gasteiger charge is -2.42. The smallest absolute Gasteiger partial charge is 0.155 e. The van der Waals surface area contributed by atoms with Crippen LogP contribution >= 0.6 is 0 Å². The largest absolute Gasteiger partial charge is 0.377 e. The first-order valence-electron chi connectivity index (χ1n) is 6.63. The predicted molar refractivity (Wildman–Crippen MR) is 67.3 cm³/mol. The summed E-state index contributed by atoms with van der Waals surface area (Å²) in [4.78, 5) is 11.8. The summed E-state index contributed by atoms with van der Waals surface area (Å²) in [5.74, 6) is -0.168. The topological polar surface area (TPSA) is 43.8 Å². The lowest BCUT2D eigenvalue weighted by atomic mass is 10.0. The molecule has 0 spiro atoms. The van der Waals surface area contributed by atoms with E-state index in [1.54, 1.807) is 11.1 Å². The normalized spacial score (nSPS) is 28.6. The van der Waals surface area contributed by atoms with E-state index in [0.29, 0.717) is 6.54 Å². The summed E-state index contributed by atoms with van der Waals surface area (Å²) in [5, 5.41) is 13.8. The predicted octanol–water partition coefficient (Wildman–Crippen LogP) is 1.30. The number of nitrogens with zero attached hydrogens (tertiary/aromatic N) is 2. The first kappa shape index (κ1) is 12.7. The van der Waals surface area contributed by atoms with Crippen molar-refractivity contribution in [2.45, 2.75) is 38.1 Å². The number of hydrazine groups is 1. The van der Waals surface area contributed by atoms with Crippen LogP contribution < -0.4 is 0 Å². The summed E-state index contributed by atoms with van der Waals surface area (Å²) in [7, 11) is 0. The van der Waals surface area contributed by atoms with Crippen LogP contribution in [0.5, 0.6) is 0 Å². The van der Waals surface area contributed by atoms with Crippen LogP contribution in [-0.2, 0) is 11.3 Å². The van der Waals surface area contributed by atoms with E-state index in [4.69, 9.17) is 0 Å². The van der Waals surface area contributed by atoms with Crippen molar-refractivity contribution >= 4 is 5.78 Å². The van der Waals surface area contributed by atoms with E-state index in [2.05, 4.69) is 0 Å². The van der Waals surface area contributed by atoms with Crippen LogP contribution in [0.3, 0.4) is 0 Å². The Morgan fingerprint density at radius 3 is 3.05 bits per heavy atom. The second-order valence-electron chi connectivity index (χ2n) is 5.20. The number of hydrogen-bond acceptors (Lipinski definition) is 4. The molecule has 2 heterocycles. The van der Waals surface area contributed by atoms with Gasteiger partial charge in [0.25, 0.3) is 0 Å². The van der Waals surface area contributed by atoms with Crippen LogP contribution in [0.2, 0.25) is 0 Å². The number of hydrogen-bond donors (Lipinski definition) is 1.